The summed E-state index contributed by atoms with van der Waals surface area (Å²) in [6.07, 6.45) is 1.68. The zero-order valence-corrected chi connectivity index (χ0v) is 13.6. The molecular formula is C19H18N2O3. The van der Waals surface area contributed by atoms with Crippen molar-refractivity contribution in [1.82, 2.24) is 4.98 Å². The van der Waals surface area contributed by atoms with Crippen LogP contribution in [0.5, 0.6) is 11.5 Å². The van der Waals surface area contributed by atoms with Crippen LogP contribution >= 0.6 is 0 Å². The molecule has 0 atom stereocenters. The van der Waals surface area contributed by atoms with Gasteiger partial charge in [-0.15, -0.1) is 0 Å². The number of rotatable bonds is 5. The van der Waals surface area contributed by atoms with Crippen molar-refractivity contribution in [3.8, 4) is 11.5 Å². The van der Waals surface area contributed by atoms with Crippen LogP contribution in [0.2, 0.25) is 0 Å². The largest absolute Gasteiger partial charge is 0.497 e. The van der Waals surface area contributed by atoms with Crippen LogP contribution in [0, 0.1) is 6.92 Å². The lowest BCUT2D eigenvalue weighted by molar-refractivity contribution is -0.118. The van der Waals surface area contributed by atoms with Gasteiger partial charge in [-0.1, -0.05) is 11.6 Å². The Hall–Kier alpha value is -3.08. The van der Waals surface area contributed by atoms with E-state index in [-0.39, 0.29) is 12.5 Å². The van der Waals surface area contributed by atoms with Gasteiger partial charge < -0.3 is 14.8 Å². The maximum Gasteiger partial charge on any atom is 0.262 e. The normalized spacial score (nSPS) is 10.4. The van der Waals surface area contributed by atoms with E-state index in [4.69, 9.17) is 9.47 Å². The molecule has 24 heavy (non-hydrogen) atoms. The van der Waals surface area contributed by atoms with E-state index in [0.29, 0.717) is 5.75 Å². The minimum Gasteiger partial charge on any atom is -0.497 e. The fourth-order valence-electron chi connectivity index (χ4n) is 2.38. The van der Waals surface area contributed by atoms with Crippen LogP contribution in [0.25, 0.3) is 10.9 Å². The van der Waals surface area contributed by atoms with E-state index in [1.165, 1.54) is 0 Å². The van der Waals surface area contributed by atoms with Gasteiger partial charge in [-0.25, -0.2) is 0 Å². The number of carbonyl (C=O) groups is 1. The first kappa shape index (κ1) is 15.8. The third-order valence-corrected chi connectivity index (χ3v) is 3.60. The molecule has 0 radical (unpaired) electrons. The number of anilines is 1. The van der Waals surface area contributed by atoms with Crippen molar-refractivity contribution in [1.29, 1.82) is 0 Å². The summed E-state index contributed by atoms with van der Waals surface area (Å²) in [5.41, 5.74) is 2.68. The first-order chi connectivity index (χ1) is 11.7. The molecule has 0 aliphatic carbocycles. The van der Waals surface area contributed by atoms with Crippen molar-refractivity contribution in [2.45, 2.75) is 6.92 Å². The SMILES string of the molecule is COc1ccc(OCC(=O)Nc2ccnc3ccc(C)cc23)cc1. The van der Waals surface area contributed by atoms with Gasteiger partial charge in [0.2, 0.25) is 0 Å². The van der Waals surface area contributed by atoms with Crippen molar-refractivity contribution >= 4 is 22.5 Å². The molecule has 1 N–H and O–H groups in total. The lowest BCUT2D eigenvalue weighted by Gasteiger charge is -2.10. The second kappa shape index (κ2) is 7.00. The summed E-state index contributed by atoms with van der Waals surface area (Å²) in [4.78, 5) is 16.5. The zero-order chi connectivity index (χ0) is 16.9. The van der Waals surface area contributed by atoms with Gasteiger partial charge in [0.1, 0.15) is 11.5 Å². The molecule has 0 aliphatic rings. The lowest BCUT2D eigenvalue weighted by Crippen LogP contribution is -2.20. The number of aryl methyl sites for hydroxylation is 1. The molecule has 0 spiro atoms. The van der Waals surface area contributed by atoms with Crippen LogP contribution in [0.15, 0.2) is 54.7 Å². The molecule has 122 valence electrons. The van der Waals surface area contributed by atoms with Crippen LogP contribution < -0.4 is 14.8 Å². The van der Waals surface area contributed by atoms with Gasteiger partial charge in [-0.2, -0.15) is 0 Å². The van der Waals surface area contributed by atoms with Crippen LogP contribution in [-0.2, 0) is 4.79 Å². The molecule has 0 bridgehead atoms. The monoisotopic (exact) mass is 322 g/mol. The minimum atomic E-state index is -0.222. The van der Waals surface area contributed by atoms with Crippen LogP contribution in [-0.4, -0.2) is 24.6 Å². The Kier molecular flexibility index (Phi) is 4.61. The van der Waals surface area contributed by atoms with Gasteiger partial charge in [0, 0.05) is 11.6 Å². The van der Waals surface area contributed by atoms with Gasteiger partial charge >= 0.3 is 0 Å². The van der Waals surface area contributed by atoms with Crippen molar-refractivity contribution in [3.63, 3.8) is 0 Å². The first-order valence-corrected chi connectivity index (χ1v) is 7.58. The molecule has 3 aromatic rings. The van der Waals surface area contributed by atoms with Crippen molar-refractivity contribution < 1.29 is 14.3 Å². The number of nitrogens with zero attached hydrogens (tertiary/aromatic N) is 1. The Labute approximate surface area is 140 Å². The van der Waals surface area contributed by atoms with Gasteiger partial charge in [-0.3, -0.25) is 9.78 Å². The molecule has 3 rings (SSSR count). The maximum absolute atomic E-state index is 12.2. The van der Waals surface area contributed by atoms with Gasteiger partial charge in [0.05, 0.1) is 18.3 Å². The number of ether oxygens (including phenoxy) is 2. The van der Waals surface area contributed by atoms with E-state index in [9.17, 15) is 4.79 Å². The van der Waals surface area contributed by atoms with Crippen LogP contribution in [0.4, 0.5) is 5.69 Å². The second-order valence-electron chi connectivity index (χ2n) is 5.39. The molecule has 2 aromatic carbocycles. The number of fused-ring (bicyclic) bond motifs is 1. The first-order valence-electron chi connectivity index (χ1n) is 7.58. The Balaban J connectivity index is 1.67. The third kappa shape index (κ3) is 3.63. The number of carbonyl (C=O) groups excluding carboxylic acids is 1. The summed E-state index contributed by atoms with van der Waals surface area (Å²) in [6.45, 7) is 1.94. The number of hydrogen-bond acceptors (Lipinski definition) is 4. The minimum absolute atomic E-state index is 0.0675. The Morgan fingerprint density at radius 3 is 2.58 bits per heavy atom. The number of pyridine rings is 1. The molecule has 5 nitrogen and oxygen atoms in total. The maximum atomic E-state index is 12.2. The predicted octanol–water partition coefficient (Wildman–Crippen LogP) is 3.57. The zero-order valence-electron chi connectivity index (χ0n) is 13.6. The van der Waals surface area contributed by atoms with E-state index in [1.807, 2.05) is 25.1 Å². The third-order valence-electron chi connectivity index (χ3n) is 3.60. The standard InChI is InChI=1S/C19H18N2O3/c1-13-3-8-17-16(11-13)18(9-10-20-17)21-19(22)12-24-15-6-4-14(23-2)5-7-15/h3-11H,12H2,1-2H3,(H,20,21,22). The van der Waals surface area contributed by atoms with Crippen molar-refractivity contribution in [3.05, 3.63) is 60.3 Å². The summed E-state index contributed by atoms with van der Waals surface area (Å²) >= 11 is 0. The second-order valence-corrected chi connectivity index (χ2v) is 5.39. The summed E-state index contributed by atoms with van der Waals surface area (Å²) in [6, 6.07) is 14.8. The predicted molar refractivity (Wildman–Crippen MR) is 93.6 cm³/mol. The van der Waals surface area contributed by atoms with Crippen LogP contribution in [0.1, 0.15) is 5.56 Å². The lowest BCUT2D eigenvalue weighted by atomic mass is 10.1. The fraction of sp³-hybridized carbons (Fsp3) is 0.158. The summed E-state index contributed by atoms with van der Waals surface area (Å²) < 4.78 is 10.6. The highest BCUT2D eigenvalue weighted by Crippen LogP contribution is 2.22. The molecule has 1 amide bonds. The van der Waals surface area contributed by atoms with Gasteiger partial charge in [0.15, 0.2) is 6.61 Å². The highest BCUT2D eigenvalue weighted by Gasteiger charge is 2.08. The van der Waals surface area contributed by atoms with E-state index < -0.39 is 0 Å². The molecule has 0 saturated heterocycles. The van der Waals surface area contributed by atoms with Crippen molar-refractivity contribution in [2.75, 3.05) is 19.0 Å². The van der Waals surface area contributed by atoms with Gasteiger partial charge in [0.25, 0.3) is 5.91 Å². The highest BCUT2D eigenvalue weighted by atomic mass is 16.5. The molecule has 1 aromatic heterocycles. The molecular weight excluding hydrogens is 304 g/mol. The van der Waals surface area contributed by atoms with E-state index in [2.05, 4.69) is 10.3 Å². The van der Waals surface area contributed by atoms with Crippen molar-refractivity contribution in [2.24, 2.45) is 0 Å². The fourth-order valence-corrected chi connectivity index (χ4v) is 2.38. The molecule has 0 unspecified atom stereocenters. The molecule has 1 heterocycles. The summed E-state index contributed by atoms with van der Waals surface area (Å²) in [5, 5.41) is 3.79. The number of amides is 1. The van der Waals surface area contributed by atoms with E-state index in [1.54, 1.807) is 43.6 Å². The number of methoxy groups -OCH3 is 1. The van der Waals surface area contributed by atoms with Gasteiger partial charge in [-0.05, 0) is 49.4 Å². The Bertz CT molecular complexity index is 860. The number of nitrogens with one attached hydrogen (secondary N) is 1. The molecule has 0 saturated carbocycles. The summed E-state index contributed by atoms with van der Waals surface area (Å²) in [7, 11) is 1.60. The van der Waals surface area contributed by atoms with E-state index >= 15 is 0 Å². The topological polar surface area (TPSA) is 60.5 Å². The van der Waals surface area contributed by atoms with E-state index in [0.717, 1.165) is 27.9 Å². The summed E-state index contributed by atoms with van der Waals surface area (Å²) in [5.74, 6) is 1.13. The average molecular weight is 322 g/mol. The molecule has 0 aliphatic heterocycles. The molecule has 5 heteroatoms. The number of benzene rings is 2. The van der Waals surface area contributed by atoms with Crippen LogP contribution in [0.3, 0.4) is 0 Å². The number of hydrogen-bond donors (Lipinski definition) is 1. The quantitative estimate of drug-likeness (QED) is 0.780. The highest BCUT2D eigenvalue weighted by molar-refractivity contribution is 6.01. The Morgan fingerprint density at radius 1 is 1.08 bits per heavy atom. The average Bonchev–Trinajstić information content (AvgIpc) is 2.61. The smallest absolute Gasteiger partial charge is 0.262 e. The molecule has 0 fully saturated rings. The number of aromatic nitrogens is 1. The Morgan fingerprint density at radius 2 is 1.83 bits per heavy atom.